The number of unbranched alkanes of at least 4 members (excludes halogenated alkanes) is 1. The number of nitrogens with zero attached hydrogens (tertiary/aromatic N) is 1. The Hall–Kier alpha value is -0.440. The highest BCUT2D eigenvalue weighted by Gasteiger charge is 2.07. The summed E-state index contributed by atoms with van der Waals surface area (Å²) in [6, 6.07) is -0.210. The van der Waals surface area contributed by atoms with Gasteiger partial charge in [0.1, 0.15) is 6.04 Å². The topological polar surface area (TPSA) is 38.7 Å². The standard InChI is InChI=1S/C11H23NO2/c1-4-6-7-11(5-2)9-14-8-10(3)12-13/h10-11H,4-9H2,1-3H3. The number of ether oxygens (including phenoxy) is 1. The normalized spacial score (nSPS) is 15.1. The van der Waals surface area contributed by atoms with Crippen molar-refractivity contribution in [1.29, 1.82) is 0 Å². The van der Waals surface area contributed by atoms with E-state index in [0.717, 1.165) is 13.0 Å². The Balaban J connectivity index is 3.46. The van der Waals surface area contributed by atoms with Gasteiger partial charge in [0, 0.05) is 6.61 Å². The summed E-state index contributed by atoms with van der Waals surface area (Å²) in [5.74, 6) is 0.647. The molecule has 0 radical (unpaired) electrons. The van der Waals surface area contributed by atoms with Gasteiger partial charge in [-0.2, -0.15) is 4.91 Å². The van der Waals surface area contributed by atoms with E-state index in [1.54, 1.807) is 6.92 Å². The van der Waals surface area contributed by atoms with Crippen molar-refractivity contribution in [2.24, 2.45) is 11.1 Å². The van der Waals surface area contributed by atoms with E-state index >= 15 is 0 Å². The Bertz CT molecular complexity index is 139. The molecule has 0 saturated heterocycles. The highest BCUT2D eigenvalue weighted by atomic mass is 16.5. The Morgan fingerprint density at radius 2 is 2.00 bits per heavy atom. The third-order valence-electron chi connectivity index (χ3n) is 2.44. The number of hydrogen-bond donors (Lipinski definition) is 0. The van der Waals surface area contributed by atoms with Gasteiger partial charge in [-0.1, -0.05) is 38.3 Å². The van der Waals surface area contributed by atoms with Crippen LogP contribution in [0.5, 0.6) is 0 Å². The Morgan fingerprint density at radius 3 is 2.50 bits per heavy atom. The Kier molecular flexibility index (Phi) is 8.84. The molecule has 0 heterocycles. The molecule has 0 aromatic rings. The fourth-order valence-electron chi connectivity index (χ4n) is 1.33. The van der Waals surface area contributed by atoms with Gasteiger partial charge >= 0.3 is 0 Å². The van der Waals surface area contributed by atoms with Crippen LogP contribution in [0.1, 0.15) is 46.5 Å². The van der Waals surface area contributed by atoms with Crippen molar-refractivity contribution in [3.8, 4) is 0 Å². The maximum atomic E-state index is 10.1. The van der Waals surface area contributed by atoms with Crippen LogP contribution >= 0.6 is 0 Å². The highest BCUT2D eigenvalue weighted by Crippen LogP contribution is 2.12. The van der Waals surface area contributed by atoms with E-state index in [-0.39, 0.29) is 6.04 Å². The molecule has 0 rings (SSSR count). The molecule has 0 aromatic carbocycles. The lowest BCUT2D eigenvalue weighted by Crippen LogP contribution is -2.14. The fraction of sp³-hybridized carbons (Fsp3) is 1.00. The molecule has 84 valence electrons. The highest BCUT2D eigenvalue weighted by molar-refractivity contribution is 4.59. The lowest BCUT2D eigenvalue weighted by molar-refractivity contribution is 0.0867. The zero-order valence-electron chi connectivity index (χ0n) is 9.66. The van der Waals surface area contributed by atoms with Crippen LogP contribution in [0, 0.1) is 10.8 Å². The van der Waals surface area contributed by atoms with E-state index in [2.05, 4.69) is 19.0 Å². The summed E-state index contributed by atoms with van der Waals surface area (Å²) in [7, 11) is 0. The number of rotatable bonds is 9. The van der Waals surface area contributed by atoms with Gasteiger partial charge in [0.2, 0.25) is 0 Å². The zero-order chi connectivity index (χ0) is 10.8. The van der Waals surface area contributed by atoms with Crippen molar-refractivity contribution in [2.45, 2.75) is 52.5 Å². The summed E-state index contributed by atoms with van der Waals surface area (Å²) in [4.78, 5) is 10.1. The fourth-order valence-corrected chi connectivity index (χ4v) is 1.33. The van der Waals surface area contributed by atoms with Crippen LogP contribution in [0.2, 0.25) is 0 Å². The van der Waals surface area contributed by atoms with Crippen LogP contribution in [-0.4, -0.2) is 19.3 Å². The lowest BCUT2D eigenvalue weighted by Gasteiger charge is -2.14. The van der Waals surface area contributed by atoms with Gasteiger partial charge in [-0.3, -0.25) is 0 Å². The Morgan fingerprint density at radius 1 is 1.29 bits per heavy atom. The molecule has 2 unspecified atom stereocenters. The molecule has 0 aliphatic rings. The average molecular weight is 201 g/mol. The van der Waals surface area contributed by atoms with Crippen molar-refractivity contribution < 1.29 is 4.74 Å². The minimum atomic E-state index is -0.210. The number of hydrogen-bond acceptors (Lipinski definition) is 3. The maximum Gasteiger partial charge on any atom is 0.112 e. The first kappa shape index (κ1) is 13.6. The molecular formula is C11H23NO2. The van der Waals surface area contributed by atoms with E-state index < -0.39 is 0 Å². The van der Waals surface area contributed by atoms with Crippen LogP contribution in [0.15, 0.2) is 5.18 Å². The first-order valence-corrected chi connectivity index (χ1v) is 5.64. The average Bonchev–Trinajstić information content (AvgIpc) is 2.22. The molecule has 0 aromatic heterocycles. The summed E-state index contributed by atoms with van der Waals surface area (Å²) in [5, 5.41) is 2.90. The van der Waals surface area contributed by atoms with E-state index in [9.17, 15) is 4.91 Å². The van der Waals surface area contributed by atoms with E-state index in [4.69, 9.17) is 4.74 Å². The van der Waals surface area contributed by atoms with Crippen molar-refractivity contribution >= 4 is 0 Å². The largest absolute Gasteiger partial charge is 0.379 e. The molecule has 0 aliphatic carbocycles. The van der Waals surface area contributed by atoms with Gasteiger partial charge in [-0.25, -0.2) is 0 Å². The molecular weight excluding hydrogens is 178 g/mol. The van der Waals surface area contributed by atoms with Crippen LogP contribution in [0.4, 0.5) is 0 Å². The SMILES string of the molecule is CCCCC(CC)COCC(C)N=O. The minimum absolute atomic E-state index is 0.210. The van der Waals surface area contributed by atoms with Gasteiger partial charge in [0.25, 0.3) is 0 Å². The van der Waals surface area contributed by atoms with E-state index in [0.29, 0.717) is 12.5 Å². The third kappa shape index (κ3) is 7.01. The van der Waals surface area contributed by atoms with Crippen molar-refractivity contribution in [2.75, 3.05) is 13.2 Å². The lowest BCUT2D eigenvalue weighted by atomic mass is 10.0. The second-order valence-corrected chi connectivity index (χ2v) is 3.91. The predicted molar refractivity (Wildman–Crippen MR) is 59.4 cm³/mol. The first-order valence-electron chi connectivity index (χ1n) is 5.64. The zero-order valence-corrected chi connectivity index (χ0v) is 9.66. The van der Waals surface area contributed by atoms with Crippen molar-refractivity contribution in [1.82, 2.24) is 0 Å². The Labute approximate surface area is 87.2 Å². The summed E-state index contributed by atoms with van der Waals surface area (Å²) in [6.07, 6.45) is 4.89. The summed E-state index contributed by atoms with van der Waals surface area (Å²) in [6.45, 7) is 7.40. The smallest absolute Gasteiger partial charge is 0.112 e. The molecule has 3 heteroatoms. The van der Waals surface area contributed by atoms with Gasteiger partial charge in [0.05, 0.1) is 6.61 Å². The summed E-state index contributed by atoms with van der Waals surface area (Å²) >= 11 is 0. The molecule has 0 amide bonds. The van der Waals surface area contributed by atoms with Crippen LogP contribution in [-0.2, 0) is 4.74 Å². The van der Waals surface area contributed by atoms with Gasteiger partial charge in [-0.05, 0) is 19.3 Å². The van der Waals surface area contributed by atoms with Crippen LogP contribution < -0.4 is 0 Å². The van der Waals surface area contributed by atoms with Gasteiger partial charge in [0.15, 0.2) is 0 Å². The van der Waals surface area contributed by atoms with E-state index in [1.807, 2.05) is 0 Å². The third-order valence-corrected chi connectivity index (χ3v) is 2.44. The molecule has 0 fully saturated rings. The quantitative estimate of drug-likeness (QED) is 0.536. The second-order valence-electron chi connectivity index (χ2n) is 3.91. The molecule has 2 atom stereocenters. The minimum Gasteiger partial charge on any atom is -0.379 e. The van der Waals surface area contributed by atoms with Crippen LogP contribution in [0.3, 0.4) is 0 Å². The predicted octanol–water partition coefficient (Wildman–Crippen LogP) is 3.37. The molecule has 14 heavy (non-hydrogen) atoms. The summed E-state index contributed by atoms with van der Waals surface area (Å²) < 4.78 is 5.44. The van der Waals surface area contributed by atoms with Crippen molar-refractivity contribution in [3.63, 3.8) is 0 Å². The van der Waals surface area contributed by atoms with Gasteiger partial charge < -0.3 is 4.74 Å². The number of nitroso groups, excluding NO2 is 1. The van der Waals surface area contributed by atoms with E-state index in [1.165, 1.54) is 19.3 Å². The molecule has 0 N–H and O–H groups in total. The first-order chi connectivity index (χ1) is 6.74. The maximum absolute atomic E-state index is 10.1. The molecule has 0 aliphatic heterocycles. The van der Waals surface area contributed by atoms with Crippen LogP contribution in [0.25, 0.3) is 0 Å². The molecule has 3 nitrogen and oxygen atoms in total. The van der Waals surface area contributed by atoms with Crippen molar-refractivity contribution in [3.05, 3.63) is 4.91 Å². The molecule has 0 saturated carbocycles. The monoisotopic (exact) mass is 201 g/mol. The molecule has 0 bridgehead atoms. The molecule has 0 spiro atoms. The summed E-state index contributed by atoms with van der Waals surface area (Å²) in [5.41, 5.74) is 0. The second kappa shape index (κ2) is 9.13. The van der Waals surface area contributed by atoms with Gasteiger partial charge in [-0.15, -0.1) is 0 Å².